The van der Waals surface area contributed by atoms with Crippen LogP contribution in [0, 0.1) is 6.92 Å². The van der Waals surface area contributed by atoms with E-state index in [0.29, 0.717) is 40.5 Å². The van der Waals surface area contributed by atoms with Crippen LogP contribution in [0.25, 0.3) is 28.2 Å². The Balaban J connectivity index is 1.59. The Kier molecular flexibility index (Phi) is 6.57. The number of ether oxygens (including phenoxy) is 1. The third kappa shape index (κ3) is 4.94. The van der Waals surface area contributed by atoms with E-state index in [1.165, 1.54) is 7.11 Å². The molecule has 0 spiro atoms. The maximum atomic E-state index is 11.9. The molecule has 3 heterocycles. The number of carbonyl (C=O) groups is 1. The Hall–Kier alpha value is -4.70. The number of rotatable bonds is 8. The molecule has 0 saturated carbocycles. The summed E-state index contributed by atoms with van der Waals surface area (Å²) in [5.74, 6) is 0.685. The Morgan fingerprint density at radius 3 is 2.59 bits per heavy atom. The van der Waals surface area contributed by atoms with Gasteiger partial charge in [-0.05, 0) is 50.1 Å². The number of imidazole rings is 1. The molecule has 0 aliphatic heterocycles. The van der Waals surface area contributed by atoms with Crippen LogP contribution >= 0.6 is 0 Å². The molecule has 200 valence electrons. The fourth-order valence-corrected chi connectivity index (χ4v) is 4.59. The third-order valence-corrected chi connectivity index (χ3v) is 6.59. The van der Waals surface area contributed by atoms with Gasteiger partial charge in [-0.25, -0.2) is 14.8 Å². The topological polar surface area (TPSA) is 127 Å². The number of aliphatic hydroxyl groups is 1. The summed E-state index contributed by atoms with van der Waals surface area (Å²) in [4.78, 5) is 21.1. The molecule has 0 aliphatic carbocycles. The van der Waals surface area contributed by atoms with Crippen LogP contribution in [0.3, 0.4) is 0 Å². The van der Waals surface area contributed by atoms with Gasteiger partial charge in [0.05, 0.1) is 18.5 Å². The summed E-state index contributed by atoms with van der Waals surface area (Å²) in [5.41, 5.74) is 3.78. The lowest BCUT2D eigenvalue weighted by atomic mass is 10.0. The molecule has 10 heteroatoms. The van der Waals surface area contributed by atoms with Crippen molar-refractivity contribution in [3.05, 3.63) is 83.4 Å². The van der Waals surface area contributed by atoms with Crippen LogP contribution in [0.15, 0.2) is 60.9 Å². The summed E-state index contributed by atoms with van der Waals surface area (Å²) in [6.45, 7) is 5.68. The highest BCUT2D eigenvalue weighted by molar-refractivity contribution is 5.94. The third-order valence-electron chi connectivity index (χ3n) is 6.59. The first-order valence-electron chi connectivity index (χ1n) is 12.4. The molecule has 5 rings (SSSR count). The summed E-state index contributed by atoms with van der Waals surface area (Å²) >= 11 is 0. The second kappa shape index (κ2) is 9.88. The second-order valence-electron chi connectivity index (χ2n) is 9.92. The van der Waals surface area contributed by atoms with Gasteiger partial charge in [0.1, 0.15) is 28.6 Å². The number of aryl methyl sites for hydroxylation is 2. The number of carboxylic acids is 1. The van der Waals surface area contributed by atoms with E-state index < -0.39 is 11.6 Å². The lowest BCUT2D eigenvalue weighted by molar-refractivity contribution is 0.0692. The van der Waals surface area contributed by atoms with Crippen molar-refractivity contribution in [3.63, 3.8) is 0 Å². The molecule has 0 saturated heterocycles. The van der Waals surface area contributed by atoms with Crippen molar-refractivity contribution in [1.29, 1.82) is 0 Å². The molecule has 2 aromatic carbocycles. The molecule has 3 aromatic heterocycles. The number of fused-ring (bicyclic) bond motifs is 1. The number of hydrogen-bond acceptors (Lipinski definition) is 7. The average molecular weight is 527 g/mol. The first-order chi connectivity index (χ1) is 18.6. The lowest BCUT2D eigenvalue weighted by Gasteiger charge is -2.19. The minimum absolute atomic E-state index is 0.0401. The van der Waals surface area contributed by atoms with E-state index in [4.69, 9.17) is 14.8 Å². The van der Waals surface area contributed by atoms with Crippen molar-refractivity contribution < 1.29 is 19.7 Å². The van der Waals surface area contributed by atoms with Crippen LogP contribution in [0.1, 0.15) is 41.2 Å². The molecule has 5 aromatic rings. The van der Waals surface area contributed by atoms with Crippen LogP contribution in [0.4, 0.5) is 5.82 Å². The minimum Gasteiger partial charge on any atom is -0.496 e. The molecule has 0 atom stereocenters. The summed E-state index contributed by atoms with van der Waals surface area (Å²) in [7, 11) is 3.39. The van der Waals surface area contributed by atoms with Gasteiger partial charge < -0.3 is 24.8 Å². The molecule has 39 heavy (non-hydrogen) atoms. The van der Waals surface area contributed by atoms with Gasteiger partial charge in [-0.2, -0.15) is 9.61 Å². The summed E-state index contributed by atoms with van der Waals surface area (Å²) in [5, 5.41) is 28.7. The van der Waals surface area contributed by atoms with E-state index in [0.717, 1.165) is 17.0 Å². The van der Waals surface area contributed by atoms with Crippen molar-refractivity contribution in [2.24, 2.45) is 7.05 Å². The first-order valence-corrected chi connectivity index (χ1v) is 12.4. The zero-order chi connectivity index (χ0) is 27.9. The van der Waals surface area contributed by atoms with E-state index in [1.54, 1.807) is 48.8 Å². The zero-order valence-corrected chi connectivity index (χ0v) is 22.4. The van der Waals surface area contributed by atoms with Crippen LogP contribution < -0.4 is 10.1 Å². The normalized spacial score (nSPS) is 11.6. The smallest absolute Gasteiger partial charge is 0.339 e. The standard InChI is InChI=1S/C29H30N6O4/c1-17-25(19-9-10-22(39-5)21(14-19)28(36)37)27-32-23(29(2,3)38)15-24(35(27)33-17)31-16-18-7-6-8-20(13-18)26-30-11-12-34(26)4/h6-15,31,38H,16H2,1-5H3,(H,36,37). The number of aromatic nitrogens is 5. The number of nitrogens with one attached hydrogen (secondary N) is 1. The molecule has 0 aliphatic rings. The van der Waals surface area contributed by atoms with Crippen LogP contribution in [0.5, 0.6) is 5.75 Å². The predicted octanol–water partition coefficient (Wildman–Crippen LogP) is 4.65. The molecule has 0 unspecified atom stereocenters. The lowest BCUT2D eigenvalue weighted by Crippen LogP contribution is -2.19. The summed E-state index contributed by atoms with van der Waals surface area (Å²) < 4.78 is 8.88. The molecular formula is C29H30N6O4. The van der Waals surface area contributed by atoms with Crippen molar-refractivity contribution in [1.82, 2.24) is 24.1 Å². The highest BCUT2D eigenvalue weighted by Gasteiger charge is 2.24. The molecule has 10 nitrogen and oxygen atoms in total. The molecule has 0 radical (unpaired) electrons. The van der Waals surface area contributed by atoms with E-state index in [1.807, 2.05) is 42.9 Å². The maximum Gasteiger partial charge on any atom is 0.339 e. The Labute approximate surface area is 225 Å². The Morgan fingerprint density at radius 2 is 1.92 bits per heavy atom. The van der Waals surface area contributed by atoms with Crippen molar-refractivity contribution in [2.75, 3.05) is 12.4 Å². The van der Waals surface area contributed by atoms with Crippen molar-refractivity contribution in [3.8, 4) is 28.3 Å². The Bertz CT molecular complexity index is 1700. The number of aromatic carboxylic acids is 1. The SMILES string of the molecule is COc1ccc(-c2c(C)nn3c(NCc4cccc(-c5nccn5C)c4)cc(C(C)(C)O)nc23)cc1C(=O)O. The monoisotopic (exact) mass is 526 g/mol. The number of hydrogen-bond donors (Lipinski definition) is 3. The van der Waals surface area contributed by atoms with Crippen molar-refractivity contribution in [2.45, 2.75) is 32.9 Å². The number of carboxylic acid groups (broad SMARTS) is 1. The van der Waals surface area contributed by atoms with E-state index in [-0.39, 0.29) is 11.3 Å². The van der Waals surface area contributed by atoms with Crippen LogP contribution in [-0.4, -0.2) is 47.4 Å². The highest BCUT2D eigenvalue weighted by Crippen LogP contribution is 2.34. The number of anilines is 1. The van der Waals surface area contributed by atoms with Gasteiger partial charge in [-0.15, -0.1) is 0 Å². The van der Waals surface area contributed by atoms with Gasteiger partial charge in [0, 0.05) is 43.2 Å². The fraction of sp³-hybridized carbons (Fsp3) is 0.241. The molecule has 3 N–H and O–H groups in total. The quantitative estimate of drug-likeness (QED) is 0.267. The zero-order valence-electron chi connectivity index (χ0n) is 22.4. The van der Waals surface area contributed by atoms with Crippen LogP contribution in [0.2, 0.25) is 0 Å². The molecule has 0 bridgehead atoms. The molecule has 0 amide bonds. The van der Waals surface area contributed by atoms with E-state index in [2.05, 4.69) is 16.4 Å². The van der Waals surface area contributed by atoms with Crippen LogP contribution in [-0.2, 0) is 19.2 Å². The number of nitrogens with zero attached hydrogens (tertiary/aromatic N) is 5. The minimum atomic E-state index is -1.22. The van der Waals surface area contributed by atoms with Gasteiger partial charge in [-0.1, -0.05) is 24.3 Å². The molecule has 0 fully saturated rings. The average Bonchev–Trinajstić information content (AvgIpc) is 3.48. The van der Waals surface area contributed by atoms with Crippen molar-refractivity contribution >= 4 is 17.4 Å². The van der Waals surface area contributed by atoms with Gasteiger partial charge >= 0.3 is 5.97 Å². The summed E-state index contributed by atoms with van der Waals surface area (Å²) in [6, 6.07) is 14.9. The second-order valence-corrected chi connectivity index (χ2v) is 9.92. The van der Waals surface area contributed by atoms with Gasteiger partial charge in [0.15, 0.2) is 5.65 Å². The number of methoxy groups -OCH3 is 1. The fourth-order valence-electron chi connectivity index (χ4n) is 4.59. The summed E-state index contributed by atoms with van der Waals surface area (Å²) in [6.07, 6.45) is 3.68. The highest BCUT2D eigenvalue weighted by atomic mass is 16.5. The maximum absolute atomic E-state index is 11.9. The first kappa shape index (κ1) is 25.9. The van der Waals surface area contributed by atoms with E-state index >= 15 is 0 Å². The van der Waals surface area contributed by atoms with Gasteiger partial charge in [-0.3, -0.25) is 0 Å². The predicted molar refractivity (Wildman–Crippen MR) is 148 cm³/mol. The molecular weight excluding hydrogens is 496 g/mol. The van der Waals surface area contributed by atoms with Gasteiger partial charge in [0.2, 0.25) is 0 Å². The largest absolute Gasteiger partial charge is 0.496 e. The van der Waals surface area contributed by atoms with E-state index in [9.17, 15) is 15.0 Å². The number of benzene rings is 2. The van der Waals surface area contributed by atoms with Gasteiger partial charge in [0.25, 0.3) is 0 Å². The Morgan fingerprint density at radius 1 is 1.13 bits per heavy atom.